The van der Waals surface area contributed by atoms with Crippen LogP contribution in [0.3, 0.4) is 0 Å². The highest BCUT2D eigenvalue weighted by Crippen LogP contribution is 2.28. The fourth-order valence-electron chi connectivity index (χ4n) is 1.71. The number of halogens is 2. The Bertz CT molecular complexity index is 643. The summed E-state index contributed by atoms with van der Waals surface area (Å²) in [7, 11) is 0. The molecule has 0 aliphatic rings. The van der Waals surface area contributed by atoms with Gasteiger partial charge >= 0.3 is 0 Å². The number of anilines is 2. The molecule has 0 spiro atoms. The second-order valence-electron chi connectivity index (χ2n) is 4.16. The molecule has 0 amide bonds. The zero-order chi connectivity index (χ0) is 14.0. The third-order valence-electron chi connectivity index (χ3n) is 2.64. The van der Waals surface area contributed by atoms with Crippen molar-refractivity contribution in [2.24, 2.45) is 5.73 Å². The molecule has 2 aromatic carbocycles. The summed E-state index contributed by atoms with van der Waals surface area (Å²) >= 11 is 8.41. The summed E-state index contributed by atoms with van der Waals surface area (Å²) < 4.78 is 14.0. The van der Waals surface area contributed by atoms with Gasteiger partial charge in [0.15, 0.2) is 0 Å². The van der Waals surface area contributed by atoms with E-state index in [1.807, 2.05) is 25.1 Å². The van der Waals surface area contributed by atoms with Crippen molar-refractivity contribution < 1.29 is 4.39 Å². The van der Waals surface area contributed by atoms with E-state index in [1.165, 1.54) is 12.1 Å². The van der Waals surface area contributed by atoms with Crippen LogP contribution in [-0.4, -0.2) is 4.99 Å². The van der Waals surface area contributed by atoms with E-state index in [0.717, 1.165) is 21.3 Å². The molecule has 0 atom stereocenters. The average molecular weight is 339 g/mol. The van der Waals surface area contributed by atoms with E-state index < -0.39 is 0 Å². The number of hydrogen-bond donors (Lipinski definition) is 2. The van der Waals surface area contributed by atoms with Gasteiger partial charge in [0.25, 0.3) is 0 Å². The summed E-state index contributed by atoms with van der Waals surface area (Å²) in [5, 5.41) is 3.14. The topological polar surface area (TPSA) is 38.0 Å². The average Bonchev–Trinajstić information content (AvgIpc) is 2.35. The van der Waals surface area contributed by atoms with Gasteiger partial charge in [-0.2, -0.15) is 0 Å². The molecule has 98 valence electrons. The van der Waals surface area contributed by atoms with Crippen LogP contribution in [0.15, 0.2) is 40.9 Å². The lowest BCUT2D eigenvalue weighted by molar-refractivity contribution is 0.628. The Morgan fingerprint density at radius 3 is 2.63 bits per heavy atom. The fourth-order valence-corrected chi connectivity index (χ4v) is 2.22. The molecule has 0 aromatic heterocycles. The van der Waals surface area contributed by atoms with E-state index in [0.29, 0.717) is 10.7 Å². The van der Waals surface area contributed by atoms with Gasteiger partial charge in [-0.25, -0.2) is 4.39 Å². The molecule has 19 heavy (non-hydrogen) atoms. The van der Waals surface area contributed by atoms with Gasteiger partial charge in [0, 0.05) is 15.7 Å². The van der Waals surface area contributed by atoms with Gasteiger partial charge in [-0.3, -0.25) is 0 Å². The quantitative estimate of drug-likeness (QED) is 0.820. The third-order valence-corrected chi connectivity index (χ3v) is 3.55. The number of rotatable bonds is 3. The Morgan fingerprint density at radius 2 is 1.95 bits per heavy atom. The maximum Gasteiger partial charge on any atom is 0.125 e. The summed E-state index contributed by atoms with van der Waals surface area (Å²) in [6.45, 7) is 1.96. The summed E-state index contributed by atoms with van der Waals surface area (Å²) in [5.74, 6) is -0.310. The standard InChI is InChI=1S/C14H12BrFN2S/c1-8-2-5-12(10(6-8)14(17)19)18-13-7-9(16)3-4-11(13)15/h2-7,18H,1H3,(H2,17,19). The lowest BCUT2D eigenvalue weighted by atomic mass is 10.1. The highest BCUT2D eigenvalue weighted by Gasteiger charge is 2.08. The molecular formula is C14H12BrFN2S. The van der Waals surface area contributed by atoms with Gasteiger partial charge in [-0.05, 0) is 53.2 Å². The number of aryl methyl sites for hydroxylation is 1. The van der Waals surface area contributed by atoms with Gasteiger partial charge in [-0.15, -0.1) is 0 Å². The second kappa shape index (κ2) is 5.67. The minimum atomic E-state index is -0.310. The van der Waals surface area contributed by atoms with E-state index in [-0.39, 0.29) is 5.82 Å². The molecule has 3 N–H and O–H groups in total. The smallest absolute Gasteiger partial charge is 0.125 e. The van der Waals surface area contributed by atoms with E-state index in [4.69, 9.17) is 18.0 Å². The Hall–Kier alpha value is -1.46. The first kappa shape index (κ1) is 14.0. The molecule has 0 radical (unpaired) electrons. The van der Waals surface area contributed by atoms with Crippen molar-refractivity contribution in [3.05, 3.63) is 57.8 Å². The van der Waals surface area contributed by atoms with Crippen LogP contribution in [0, 0.1) is 12.7 Å². The van der Waals surface area contributed by atoms with Crippen LogP contribution in [0.2, 0.25) is 0 Å². The first-order valence-corrected chi connectivity index (χ1v) is 6.80. The predicted octanol–water partition coefficient (Wildman–Crippen LogP) is 4.27. The van der Waals surface area contributed by atoms with Crippen LogP contribution in [0.25, 0.3) is 0 Å². The van der Waals surface area contributed by atoms with Crippen molar-refractivity contribution in [2.75, 3.05) is 5.32 Å². The predicted molar refractivity (Wildman–Crippen MR) is 84.4 cm³/mol. The molecule has 2 rings (SSSR count). The van der Waals surface area contributed by atoms with E-state index in [1.54, 1.807) is 6.07 Å². The molecule has 0 bridgehead atoms. The minimum absolute atomic E-state index is 0.304. The summed E-state index contributed by atoms with van der Waals surface area (Å²) in [4.78, 5) is 0.304. The van der Waals surface area contributed by atoms with Crippen molar-refractivity contribution in [1.29, 1.82) is 0 Å². The zero-order valence-electron chi connectivity index (χ0n) is 10.2. The summed E-state index contributed by atoms with van der Waals surface area (Å²) in [5.41, 5.74) is 8.89. The van der Waals surface area contributed by atoms with Crippen molar-refractivity contribution in [1.82, 2.24) is 0 Å². The number of benzene rings is 2. The van der Waals surface area contributed by atoms with Crippen LogP contribution in [-0.2, 0) is 0 Å². The lowest BCUT2D eigenvalue weighted by Crippen LogP contribution is -2.12. The number of thiocarbonyl (C=S) groups is 1. The van der Waals surface area contributed by atoms with Crippen molar-refractivity contribution in [3.63, 3.8) is 0 Å². The molecule has 0 saturated heterocycles. The Labute approximate surface area is 124 Å². The Kier molecular flexibility index (Phi) is 4.17. The Balaban J connectivity index is 2.43. The van der Waals surface area contributed by atoms with Crippen LogP contribution >= 0.6 is 28.1 Å². The van der Waals surface area contributed by atoms with Gasteiger partial charge in [-0.1, -0.05) is 23.8 Å². The van der Waals surface area contributed by atoms with Gasteiger partial charge in [0.1, 0.15) is 10.8 Å². The third kappa shape index (κ3) is 3.30. The monoisotopic (exact) mass is 338 g/mol. The first-order chi connectivity index (χ1) is 8.97. The summed E-state index contributed by atoms with van der Waals surface area (Å²) in [6.07, 6.45) is 0. The largest absolute Gasteiger partial charge is 0.389 e. The van der Waals surface area contributed by atoms with Crippen LogP contribution in [0.1, 0.15) is 11.1 Å². The van der Waals surface area contributed by atoms with Crippen LogP contribution in [0.4, 0.5) is 15.8 Å². The molecule has 0 aliphatic heterocycles. The van der Waals surface area contributed by atoms with Crippen molar-refractivity contribution in [3.8, 4) is 0 Å². The normalized spacial score (nSPS) is 10.3. The lowest BCUT2D eigenvalue weighted by Gasteiger charge is -2.13. The molecule has 0 saturated carbocycles. The molecule has 2 aromatic rings. The number of hydrogen-bond acceptors (Lipinski definition) is 2. The van der Waals surface area contributed by atoms with Gasteiger partial charge in [0.2, 0.25) is 0 Å². The van der Waals surface area contributed by atoms with Crippen LogP contribution in [0.5, 0.6) is 0 Å². The van der Waals surface area contributed by atoms with Crippen LogP contribution < -0.4 is 11.1 Å². The van der Waals surface area contributed by atoms with E-state index >= 15 is 0 Å². The molecule has 0 unspecified atom stereocenters. The van der Waals surface area contributed by atoms with Crippen molar-refractivity contribution >= 4 is 44.5 Å². The fraction of sp³-hybridized carbons (Fsp3) is 0.0714. The van der Waals surface area contributed by atoms with E-state index in [9.17, 15) is 4.39 Å². The van der Waals surface area contributed by atoms with Gasteiger partial charge < -0.3 is 11.1 Å². The van der Waals surface area contributed by atoms with Gasteiger partial charge in [0.05, 0.1) is 5.69 Å². The SMILES string of the molecule is Cc1ccc(Nc2cc(F)ccc2Br)c(C(N)=S)c1. The second-order valence-corrected chi connectivity index (χ2v) is 5.46. The minimum Gasteiger partial charge on any atom is -0.389 e. The maximum atomic E-state index is 13.3. The number of nitrogens with one attached hydrogen (secondary N) is 1. The summed E-state index contributed by atoms with van der Waals surface area (Å²) in [6, 6.07) is 10.2. The number of nitrogens with two attached hydrogens (primary N) is 1. The maximum absolute atomic E-state index is 13.3. The molecular weight excluding hydrogens is 327 g/mol. The zero-order valence-corrected chi connectivity index (χ0v) is 12.6. The molecule has 2 nitrogen and oxygen atoms in total. The highest BCUT2D eigenvalue weighted by molar-refractivity contribution is 9.10. The molecule has 0 fully saturated rings. The molecule has 0 aliphatic carbocycles. The molecule has 0 heterocycles. The Morgan fingerprint density at radius 1 is 1.21 bits per heavy atom. The first-order valence-electron chi connectivity index (χ1n) is 5.60. The van der Waals surface area contributed by atoms with E-state index in [2.05, 4.69) is 21.2 Å². The highest BCUT2D eigenvalue weighted by atomic mass is 79.9. The van der Waals surface area contributed by atoms with Crippen molar-refractivity contribution in [2.45, 2.75) is 6.92 Å². The molecule has 5 heteroatoms.